The van der Waals surface area contributed by atoms with Crippen molar-refractivity contribution in [2.24, 2.45) is 0 Å². The monoisotopic (exact) mass is 386 g/mol. The molecule has 0 fully saturated rings. The third kappa shape index (κ3) is 2.88. The summed E-state index contributed by atoms with van der Waals surface area (Å²) in [6.07, 6.45) is 1.34. The third-order valence-corrected chi connectivity index (χ3v) is 6.26. The molecule has 1 aliphatic heterocycles. The second-order valence-electron chi connectivity index (χ2n) is 6.19. The SMILES string of the molecule is N#Cc1cccc(N2C=C(C(=O)c3ccccc3)S(=O)(=O)c3ccccc32)c1. The Kier molecular flexibility index (Phi) is 4.30. The largest absolute Gasteiger partial charge is 0.314 e. The van der Waals surface area contributed by atoms with Gasteiger partial charge in [-0.05, 0) is 30.3 Å². The molecule has 0 aromatic heterocycles. The molecule has 1 aliphatic rings. The van der Waals surface area contributed by atoms with E-state index in [-0.39, 0.29) is 9.80 Å². The lowest BCUT2D eigenvalue weighted by Gasteiger charge is -2.28. The van der Waals surface area contributed by atoms with Gasteiger partial charge < -0.3 is 4.90 Å². The molecule has 0 unspecified atom stereocenters. The number of benzene rings is 3. The van der Waals surface area contributed by atoms with Gasteiger partial charge in [-0.3, -0.25) is 4.79 Å². The molecule has 1 heterocycles. The summed E-state index contributed by atoms with van der Waals surface area (Å²) in [7, 11) is -3.98. The number of para-hydroxylation sites is 1. The summed E-state index contributed by atoms with van der Waals surface area (Å²) in [6.45, 7) is 0. The zero-order valence-electron chi connectivity index (χ0n) is 14.6. The second-order valence-corrected chi connectivity index (χ2v) is 8.08. The number of sulfone groups is 1. The molecule has 0 bridgehead atoms. The Morgan fingerprint density at radius 2 is 1.61 bits per heavy atom. The van der Waals surface area contributed by atoms with Crippen LogP contribution in [0, 0.1) is 11.3 Å². The number of Topliss-reactive ketones (excluding diaryl/α,β-unsaturated/α-hetero) is 1. The van der Waals surface area contributed by atoms with Crippen LogP contribution >= 0.6 is 0 Å². The summed E-state index contributed by atoms with van der Waals surface area (Å²) in [4.78, 5) is 14.4. The van der Waals surface area contributed by atoms with Crippen LogP contribution in [0.3, 0.4) is 0 Å². The third-order valence-electron chi connectivity index (χ3n) is 4.46. The van der Waals surface area contributed by atoms with E-state index in [9.17, 15) is 18.5 Å². The van der Waals surface area contributed by atoms with E-state index in [1.165, 1.54) is 12.3 Å². The van der Waals surface area contributed by atoms with Gasteiger partial charge >= 0.3 is 0 Å². The summed E-state index contributed by atoms with van der Waals surface area (Å²) in [5, 5.41) is 9.19. The zero-order chi connectivity index (χ0) is 19.7. The molecule has 28 heavy (non-hydrogen) atoms. The van der Waals surface area contributed by atoms with Crippen molar-refractivity contribution in [3.05, 3.63) is 101 Å². The predicted octanol–water partition coefficient (Wildman–Crippen LogP) is 4.21. The van der Waals surface area contributed by atoms with Gasteiger partial charge in [-0.25, -0.2) is 8.42 Å². The van der Waals surface area contributed by atoms with E-state index < -0.39 is 15.6 Å². The Labute approximate surface area is 162 Å². The van der Waals surface area contributed by atoms with Gasteiger partial charge in [0.2, 0.25) is 15.6 Å². The minimum absolute atomic E-state index is 0.0548. The highest BCUT2D eigenvalue weighted by Gasteiger charge is 2.35. The van der Waals surface area contributed by atoms with Crippen molar-refractivity contribution in [1.82, 2.24) is 0 Å². The maximum Gasteiger partial charge on any atom is 0.214 e. The molecule has 5 nitrogen and oxygen atoms in total. The Balaban J connectivity index is 1.94. The lowest BCUT2D eigenvalue weighted by atomic mass is 10.1. The van der Waals surface area contributed by atoms with E-state index in [4.69, 9.17) is 0 Å². The van der Waals surface area contributed by atoms with Crippen molar-refractivity contribution in [2.75, 3.05) is 4.90 Å². The average molecular weight is 386 g/mol. The number of fused-ring (bicyclic) bond motifs is 1. The van der Waals surface area contributed by atoms with Gasteiger partial charge in [-0.15, -0.1) is 0 Å². The number of allylic oxidation sites excluding steroid dienone is 1. The molecule has 0 atom stereocenters. The Hall–Kier alpha value is -3.69. The van der Waals surface area contributed by atoms with Crippen LogP contribution < -0.4 is 4.90 Å². The maximum atomic E-state index is 13.2. The van der Waals surface area contributed by atoms with Crippen LogP contribution in [0.25, 0.3) is 0 Å². The number of carbonyl (C=O) groups excluding carboxylic acids is 1. The van der Waals surface area contributed by atoms with Crippen LogP contribution in [-0.2, 0) is 9.84 Å². The van der Waals surface area contributed by atoms with E-state index in [0.29, 0.717) is 22.5 Å². The molecule has 0 aliphatic carbocycles. The van der Waals surface area contributed by atoms with Crippen molar-refractivity contribution in [1.29, 1.82) is 5.26 Å². The number of nitriles is 1. The number of hydrogen-bond donors (Lipinski definition) is 0. The molecule has 3 aromatic carbocycles. The van der Waals surface area contributed by atoms with Gasteiger partial charge in [0.25, 0.3) is 0 Å². The molecule has 0 saturated carbocycles. The van der Waals surface area contributed by atoms with Crippen LogP contribution in [0.15, 0.2) is 94.9 Å². The Morgan fingerprint density at radius 3 is 2.36 bits per heavy atom. The topological polar surface area (TPSA) is 78.2 Å². The summed E-state index contributed by atoms with van der Waals surface area (Å²) in [5.74, 6) is -0.573. The Morgan fingerprint density at radius 1 is 0.893 bits per heavy atom. The van der Waals surface area contributed by atoms with Crippen molar-refractivity contribution < 1.29 is 13.2 Å². The van der Waals surface area contributed by atoms with Gasteiger partial charge in [0.15, 0.2) is 0 Å². The summed E-state index contributed by atoms with van der Waals surface area (Å²) in [6, 6.07) is 23.7. The lowest BCUT2D eigenvalue weighted by Crippen LogP contribution is -2.25. The molecule has 0 N–H and O–H groups in total. The zero-order valence-corrected chi connectivity index (χ0v) is 15.4. The minimum atomic E-state index is -3.98. The lowest BCUT2D eigenvalue weighted by molar-refractivity contribution is 0.104. The Bertz CT molecular complexity index is 1260. The van der Waals surface area contributed by atoms with Crippen LogP contribution in [0.5, 0.6) is 0 Å². The first-order valence-corrected chi connectivity index (χ1v) is 9.96. The molecule has 4 rings (SSSR count). The van der Waals surface area contributed by atoms with Crippen LogP contribution in [0.4, 0.5) is 11.4 Å². The smallest absolute Gasteiger partial charge is 0.214 e. The first-order chi connectivity index (χ1) is 13.5. The van der Waals surface area contributed by atoms with Gasteiger partial charge in [-0.1, -0.05) is 48.5 Å². The fourth-order valence-electron chi connectivity index (χ4n) is 3.11. The van der Waals surface area contributed by atoms with Crippen molar-refractivity contribution in [3.8, 4) is 6.07 Å². The number of carbonyl (C=O) groups is 1. The average Bonchev–Trinajstić information content (AvgIpc) is 2.74. The number of rotatable bonds is 3. The van der Waals surface area contributed by atoms with Gasteiger partial charge in [0, 0.05) is 17.5 Å². The van der Waals surface area contributed by atoms with Crippen LogP contribution in [-0.4, -0.2) is 14.2 Å². The molecule has 0 saturated heterocycles. The normalized spacial score (nSPS) is 14.5. The molecule has 0 spiro atoms. The highest BCUT2D eigenvalue weighted by molar-refractivity contribution is 7.96. The van der Waals surface area contributed by atoms with E-state index in [2.05, 4.69) is 6.07 Å². The highest BCUT2D eigenvalue weighted by Crippen LogP contribution is 2.40. The minimum Gasteiger partial charge on any atom is -0.314 e. The van der Waals surface area contributed by atoms with Crippen molar-refractivity contribution in [3.63, 3.8) is 0 Å². The van der Waals surface area contributed by atoms with Gasteiger partial charge in [0.05, 0.1) is 22.2 Å². The highest BCUT2D eigenvalue weighted by atomic mass is 32.2. The van der Waals surface area contributed by atoms with Gasteiger partial charge in [-0.2, -0.15) is 5.26 Å². The van der Waals surface area contributed by atoms with Gasteiger partial charge in [0.1, 0.15) is 4.91 Å². The second kappa shape index (κ2) is 6.80. The fourth-order valence-corrected chi connectivity index (χ4v) is 4.65. The van der Waals surface area contributed by atoms with E-state index in [1.807, 2.05) is 0 Å². The molecule has 0 amide bonds. The van der Waals surface area contributed by atoms with Crippen molar-refractivity contribution >= 4 is 27.0 Å². The standard InChI is InChI=1S/C22H14N2O3S/c23-14-16-7-6-10-18(13-16)24-15-21(22(25)17-8-2-1-3-9-17)28(26,27)20-12-5-4-11-19(20)24/h1-13,15H. The quantitative estimate of drug-likeness (QED) is 0.630. The number of anilines is 2. The number of ketones is 1. The van der Waals surface area contributed by atoms with E-state index >= 15 is 0 Å². The van der Waals surface area contributed by atoms with Crippen LogP contribution in [0.1, 0.15) is 15.9 Å². The molecule has 3 aromatic rings. The summed E-state index contributed by atoms with van der Waals surface area (Å²) in [5.41, 5.74) is 1.76. The van der Waals surface area contributed by atoms with E-state index in [1.54, 1.807) is 77.7 Å². The maximum absolute atomic E-state index is 13.2. The van der Waals surface area contributed by atoms with E-state index in [0.717, 1.165) is 0 Å². The van der Waals surface area contributed by atoms with Crippen molar-refractivity contribution in [2.45, 2.75) is 4.90 Å². The van der Waals surface area contributed by atoms with Crippen LogP contribution in [0.2, 0.25) is 0 Å². The molecular weight excluding hydrogens is 372 g/mol. The number of nitrogens with zero attached hydrogens (tertiary/aromatic N) is 2. The summed E-state index contributed by atoms with van der Waals surface area (Å²) < 4.78 is 26.3. The predicted molar refractivity (Wildman–Crippen MR) is 106 cm³/mol. The first kappa shape index (κ1) is 17.7. The molecule has 0 radical (unpaired) electrons. The fraction of sp³-hybridized carbons (Fsp3) is 0. The summed E-state index contributed by atoms with van der Waals surface area (Å²) >= 11 is 0. The molecule has 6 heteroatoms. The molecular formula is C22H14N2O3S. The molecule has 136 valence electrons. The first-order valence-electron chi connectivity index (χ1n) is 8.47. The number of hydrogen-bond acceptors (Lipinski definition) is 5.